The third-order valence-electron chi connectivity index (χ3n) is 1.33. The zero-order chi connectivity index (χ0) is 12.1. The maximum absolute atomic E-state index is 11.4. The van der Waals surface area contributed by atoms with Crippen molar-refractivity contribution in [3.63, 3.8) is 0 Å². The Bertz CT molecular complexity index is 237. The van der Waals surface area contributed by atoms with Crippen LogP contribution in [0.2, 0.25) is 0 Å². The van der Waals surface area contributed by atoms with Crippen molar-refractivity contribution >= 4 is 23.5 Å². The number of hydrogen-bond acceptors (Lipinski definition) is 4. The van der Waals surface area contributed by atoms with Crippen LogP contribution in [-0.2, 0) is 14.3 Å². The number of carbonyl (C=O) groups excluding carboxylic acids is 2. The molecule has 0 saturated heterocycles. The number of amides is 1. The summed E-state index contributed by atoms with van der Waals surface area (Å²) in [5.74, 6) is -1.47. The molecule has 0 radical (unpaired) electrons. The lowest BCUT2D eigenvalue weighted by atomic mass is 10.2. The quantitative estimate of drug-likeness (QED) is 0.535. The van der Waals surface area contributed by atoms with E-state index in [0.717, 1.165) is 0 Å². The molecule has 0 bridgehead atoms. The van der Waals surface area contributed by atoms with Crippen LogP contribution in [0.3, 0.4) is 0 Å². The van der Waals surface area contributed by atoms with Gasteiger partial charge < -0.3 is 15.2 Å². The smallest absolute Gasteiger partial charge is 0.331 e. The van der Waals surface area contributed by atoms with E-state index < -0.39 is 30.1 Å². The summed E-state index contributed by atoms with van der Waals surface area (Å²) in [7, 11) is 0. The molecule has 2 N–H and O–H groups in total. The summed E-state index contributed by atoms with van der Waals surface area (Å²) < 4.78 is 4.98. The maximum Gasteiger partial charge on any atom is 0.331 e. The number of nitrogens with one attached hydrogen (secondary N) is 1. The molecular formula is C9H16ClNO4. The van der Waals surface area contributed by atoms with Crippen molar-refractivity contribution in [3.8, 4) is 0 Å². The van der Waals surface area contributed by atoms with Gasteiger partial charge in [-0.2, -0.15) is 0 Å². The lowest BCUT2D eigenvalue weighted by Crippen LogP contribution is -2.46. The normalized spacial score (nSPS) is 13.1. The molecule has 0 unspecified atom stereocenters. The monoisotopic (exact) mass is 237 g/mol. The van der Waals surface area contributed by atoms with Crippen molar-refractivity contribution in [1.82, 2.24) is 5.32 Å². The van der Waals surface area contributed by atoms with Gasteiger partial charge in [-0.1, -0.05) is 0 Å². The van der Waals surface area contributed by atoms with E-state index in [9.17, 15) is 9.59 Å². The lowest BCUT2D eigenvalue weighted by molar-refractivity contribution is -0.159. The minimum absolute atomic E-state index is 0.265. The van der Waals surface area contributed by atoms with Gasteiger partial charge in [-0.3, -0.25) is 4.79 Å². The zero-order valence-electron chi connectivity index (χ0n) is 9.04. The molecule has 6 heteroatoms. The standard InChI is InChI=1S/C9H16ClNO4/c1-9(2,3)15-8(14)6(5-12)11-7(13)4-10/h6,12H,4-5H2,1-3H3,(H,11,13)/t6-/m0/s1. The van der Waals surface area contributed by atoms with Gasteiger partial charge in [0.25, 0.3) is 0 Å². The number of halogens is 1. The summed E-state index contributed by atoms with van der Waals surface area (Å²) in [6, 6.07) is -1.06. The highest BCUT2D eigenvalue weighted by molar-refractivity contribution is 6.27. The molecule has 0 aromatic rings. The molecule has 88 valence electrons. The van der Waals surface area contributed by atoms with Crippen molar-refractivity contribution in [1.29, 1.82) is 0 Å². The molecule has 0 aliphatic heterocycles. The number of aliphatic hydroxyl groups excluding tert-OH is 1. The highest BCUT2D eigenvalue weighted by atomic mass is 35.5. The molecule has 1 amide bonds. The second-order valence-electron chi connectivity index (χ2n) is 3.97. The number of alkyl halides is 1. The maximum atomic E-state index is 11.4. The Hall–Kier alpha value is -0.810. The van der Waals surface area contributed by atoms with Crippen LogP contribution in [0.25, 0.3) is 0 Å². The van der Waals surface area contributed by atoms with Gasteiger partial charge in [-0.15, -0.1) is 11.6 Å². The molecule has 0 saturated carbocycles. The summed E-state index contributed by atoms with van der Waals surface area (Å²) >= 11 is 5.25. The number of ether oxygens (including phenoxy) is 1. The van der Waals surface area contributed by atoms with Gasteiger partial charge >= 0.3 is 5.97 Å². The fourth-order valence-corrected chi connectivity index (χ4v) is 0.862. The Morgan fingerprint density at radius 2 is 2.00 bits per heavy atom. The molecular weight excluding hydrogens is 222 g/mol. The Balaban J connectivity index is 4.29. The van der Waals surface area contributed by atoms with E-state index in [4.69, 9.17) is 21.4 Å². The predicted molar refractivity (Wildman–Crippen MR) is 55.6 cm³/mol. The van der Waals surface area contributed by atoms with E-state index in [1.165, 1.54) is 0 Å². The fraction of sp³-hybridized carbons (Fsp3) is 0.778. The first-order chi connectivity index (χ1) is 6.80. The minimum Gasteiger partial charge on any atom is -0.458 e. The molecule has 0 rings (SSSR count). The number of hydrogen-bond donors (Lipinski definition) is 2. The van der Waals surface area contributed by atoms with E-state index in [0.29, 0.717) is 0 Å². The highest BCUT2D eigenvalue weighted by Gasteiger charge is 2.25. The average Bonchev–Trinajstić information content (AvgIpc) is 2.10. The van der Waals surface area contributed by atoms with Crippen molar-refractivity contribution in [2.75, 3.05) is 12.5 Å². The lowest BCUT2D eigenvalue weighted by Gasteiger charge is -2.23. The van der Waals surface area contributed by atoms with Gasteiger partial charge in [0, 0.05) is 0 Å². The van der Waals surface area contributed by atoms with Crippen LogP contribution in [-0.4, -0.2) is 41.1 Å². The van der Waals surface area contributed by atoms with E-state index in [-0.39, 0.29) is 5.88 Å². The van der Waals surface area contributed by atoms with Crippen LogP contribution in [0.4, 0.5) is 0 Å². The van der Waals surface area contributed by atoms with Gasteiger partial charge in [-0.05, 0) is 20.8 Å². The summed E-state index contributed by atoms with van der Waals surface area (Å²) in [6.07, 6.45) is 0. The van der Waals surface area contributed by atoms with Gasteiger partial charge in [-0.25, -0.2) is 4.79 Å². The van der Waals surface area contributed by atoms with Crippen molar-refractivity contribution in [2.45, 2.75) is 32.4 Å². The first-order valence-corrected chi connectivity index (χ1v) is 5.02. The molecule has 0 aromatic heterocycles. The van der Waals surface area contributed by atoms with Gasteiger partial charge in [0.1, 0.15) is 11.5 Å². The molecule has 0 heterocycles. The molecule has 0 aliphatic carbocycles. The van der Waals surface area contributed by atoms with Crippen LogP contribution >= 0.6 is 11.6 Å². The van der Waals surface area contributed by atoms with Crippen LogP contribution in [0.5, 0.6) is 0 Å². The second kappa shape index (κ2) is 5.92. The van der Waals surface area contributed by atoms with Crippen molar-refractivity contribution < 1.29 is 19.4 Å². The van der Waals surface area contributed by atoms with Gasteiger partial charge in [0.15, 0.2) is 6.04 Å². The molecule has 0 spiro atoms. The molecule has 0 aromatic carbocycles. The third kappa shape index (κ3) is 6.30. The molecule has 15 heavy (non-hydrogen) atoms. The Morgan fingerprint density at radius 3 is 2.33 bits per heavy atom. The SMILES string of the molecule is CC(C)(C)OC(=O)[C@H](CO)NC(=O)CCl. The number of esters is 1. The van der Waals surface area contributed by atoms with Crippen molar-refractivity contribution in [3.05, 3.63) is 0 Å². The topological polar surface area (TPSA) is 75.6 Å². The first kappa shape index (κ1) is 14.2. The summed E-state index contributed by atoms with van der Waals surface area (Å²) in [5.41, 5.74) is -0.657. The number of rotatable bonds is 4. The summed E-state index contributed by atoms with van der Waals surface area (Å²) in [5, 5.41) is 11.1. The molecule has 0 fully saturated rings. The Morgan fingerprint density at radius 1 is 1.47 bits per heavy atom. The minimum atomic E-state index is -1.06. The summed E-state index contributed by atoms with van der Waals surface area (Å²) in [4.78, 5) is 22.3. The average molecular weight is 238 g/mol. The van der Waals surface area contributed by atoms with Crippen LogP contribution in [0.15, 0.2) is 0 Å². The van der Waals surface area contributed by atoms with Crippen LogP contribution in [0.1, 0.15) is 20.8 Å². The molecule has 5 nitrogen and oxygen atoms in total. The van der Waals surface area contributed by atoms with Crippen LogP contribution < -0.4 is 5.32 Å². The summed E-state index contributed by atoms with van der Waals surface area (Å²) in [6.45, 7) is 4.58. The van der Waals surface area contributed by atoms with E-state index >= 15 is 0 Å². The Kier molecular flexibility index (Phi) is 5.60. The molecule has 0 aliphatic rings. The number of carbonyl (C=O) groups is 2. The molecule has 1 atom stereocenters. The van der Waals surface area contributed by atoms with Gasteiger partial charge in [0.05, 0.1) is 6.61 Å². The largest absolute Gasteiger partial charge is 0.458 e. The van der Waals surface area contributed by atoms with E-state index in [1.807, 2.05) is 0 Å². The highest BCUT2D eigenvalue weighted by Crippen LogP contribution is 2.08. The Labute approximate surface area is 93.7 Å². The van der Waals surface area contributed by atoms with E-state index in [1.54, 1.807) is 20.8 Å². The zero-order valence-corrected chi connectivity index (χ0v) is 9.80. The fourth-order valence-electron chi connectivity index (χ4n) is 0.785. The second-order valence-corrected chi connectivity index (χ2v) is 4.24. The number of aliphatic hydroxyl groups is 1. The van der Waals surface area contributed by atoms with Crippen LogP contribution in [0, 0.1) is 0 Å². The predicted octanol–water partition coefficient (Wildman–Crippen LogP) is 0.0440. The van der Waals surface area contributed by atoms with E-state index in [2.05, 4.69) is 5.32 Å². The third-order valence-corrected chi connectivity index (χ3v) is 1.57. The first-order valence-electron chi connectivity index (χ1n) is 4.49. The van der Waals surface area contributed by atoms with Crippen molar-refractivity contribution in [2.24, 2.45) is 0 Å². The van der Waals surface area contributed by atoms with Gasteiger partial charge in [0.2, 0.25) is 5.91 Å².